The van der Waals surface area contributed by atoms with Crippen LogP contribution in [0.5, 0.6) is 0 Å². The minimum atomic E-state index is -0.360. The van der Waals surface area contributed by atoms with Crippen molar-refractivity contribution in [2.24, 2.45) is 0 Å². The van der Waals surface area contributed by atoms with Crippen molar-refractivity contribution in [3.05, 3.63) is 35.4 Å². The minimum Gasteiger partial charge on any atom is -0.392 e. The molecule has 1 fully saturated rings. The van der Waals surface area contributed by atoms with E-state index in [1.54, 1.807) is 0 Å². The number of nitrogens with one attached hydrogen (secondary N) is 2. The summed E-state index contributed by atoms with van der Waals surface area (Å²) in [4.78, 5) is 12.1. The van der Waals surface area contributed by atoms with Crippen molar-refractivity contribution in [1.82, 2.24) is 10.6 Å². The molecule has 3 N–H and O–H groups in total. The van der Waals surface area contributed by atoms with Gasteiger partial charge in [-0.1, -0.05) is 24.3 Å². The van der Waals surface area contributed by atoms with E-state index in [2.05, 4.69) is 10.6 Å². The monoisotopic (exact) mass is 320 g/mol. The molecule has 0 saturated carbocycles. The molecule has 1 aromatic rings. The molecule has 0 aromatic heterocycles. The summed E-state index contributed by atoms with van der Waals surface area (Å²) in [6.45, 7) is 8.73. The van der Waals surface area contributed by atoms with E-state index in [0.29, 0.717) is 6.54 Å². The van der Waals surface area contributed by atoms with Crippen molar-refractivity contribution in [2.45, 2.75) is 64.4 Å². The Hall–Kier alpha value is -1.59. The van der Waals surface area contributed by atoms with Crippen LogP contribution in [0.4, 0.5) is 4.79 Å². The second kappa shape index (κ2) is 6.89. The first-order chi connectivity index (χ1) is 10.7. The number of aliphatic hydroxyl groups excluding tert-OH is 1. The van der Waals surface area contributed by atoms with Crippen LogP contribution in [-0.4, -0.2) is 34.9 Å². The maximum Gasteiger partial charge on any atom is 0.315 e. The lowest BCUT2D eigenvalue weighted by atomic mass is 9.95. The van der Waals surface area contributed by atoms with Crippen LogP contribution < -0.4 is 10.6 Å². The number of hydrogen-bond acceptors (Lipinski definition) is 3. The zero-order valence-corrected chi connectivity index (χ0v) is 14.5. The summed E-state index contributed by atoms with van der Waals surface area (Å²) in [5.74, 6) is 0. The lowest BCUT2D eigenvalue weighted by Crippen LogP contribution is -2.50. The molecule has 0 bridgehead atoms. The average Bonchev–Trinajstić information content (AvgIpc) is 2.66. The summed E-state index contributed by atoms with van der Waals surface area (Å²) in [6, 6.07) is 7.59. The lowest BCUT2D eigenvalue weighted by Gasteiger charge is -2.27. The van der Waals surface area contributed by atoms with E-state index in [1.807, 2.05) is 52.0 Å². The van der Waals surface area contributed by atoms with Gasteiger partial charge in [0.1, 0.15) is 0 Å². The van der Waals surface area contributed by atoms with Gasteiger partial charge in [-0.25, -0.2) is 4.79 Å². The number of carbonyl (C=O) groups is 1. The minimum absolute atomic E-state index is 0.00124. The maximum atomic E-state index is 12.1. The Bertz CT molecular complexity index is 538. The van der Waals surface area contributed by atoms with Gasteiger partial charge in [-0.15, -0.1) is 0 Å². The molecule has 23 heavy (non-hydrogen) atoms. The van der Waals surface area contributed by atoms with E-state index in [4.69, 9.17) is 9.84 Å². The number of rotatable bonds is 5. The fourth-order valence-corrected chi connectivity index (χ4v) is 3.13. The smallest absolute Gasteiger partial charge is 0.315 e. The lowest BCUT2D eigenvalue weighted by molar-refractivity contribution is -0.0690. The van der Waals surface area contributed by atoms with E-state index in [-0.39, 0.29) is 29.9 Å². The molecule has 5 nitrogen and oxygen atoms in total. The number of amides is 2. The molecule has 0 aliphatic carbocycles. The third kappa shape index (κ3) is 4.94. The molecule has 0 spiro atoms. The second-order valence-corrected chi connectivity index (χ2v) is 7.35. The van der Waals surface area contributed by atoms with E-state index in [9.17, 15) is 4.79 Å². The first-order valence-corrected chi connectivity index (χ1v) is 8.15. The van der Waals surface area contributed by atoms with Crippen LogP contribution in [0.2, 0.25) is 0 Å². The fraction of sp³-hybridized carbons (Fsp3) is 0.611. The summed E-state index contributed by atoms with van der Waals surface area (Å²) >= 11 is 0. The number of aliphatic hydroxyl groups is 1. The fourth-order valence-electron chi connectivity index (χ4n) is 3.13. The molecule has 1 saturated heterocycles. The van der Waals surface area contributed by atoms with Crippen LogP contribution in [0, 0.1) is 0 Å². The predicted molar refractivity (Wildman–Crippen MR) is 90.3 cm³/mol. The normalized spacial score (nSPS) is 21.9. The standard InChI is InChI=1S/C18H28N2O3/c1-17(2)11-15(18(3,4)23-17)20-16(22)19-10-9-13-5-7-14(12-21)8-6-13/h5-8,15,21H,9-12H2,1-4H3,(H2,19,20,22). The Morgan fingerprint density at radius 3 is 2.35 bits per heavy atom. The second-order valence-electron chi connectivity index (χ2n) is 7.35. The Morgan fingerprint density at radius 1 is 1.22 bits per heavy atom. The quantitative estimate of drug-likeness (QED) is 0.780. The average molecular weight is 320 g/mol. The van der Waals surface area contributed by atoms with E-state index in [0.717, 1.165) is 24.0 Å². The van der Waals surface area contributed by atoms with Crippen molar-refractivity contribution < 1.29 is 14.6 Å². The summed E-state index contributed by atoms with van der Waals surface area (Å²) < 4.78 is 5.98. The van der Waals surface area contributed by atoms with Crippen LogP contribution in [0.1, 0.15) is 45.2 Å². The highest BCUT2D eigenvalue weighted by atomic mass is 16.5. The molecule has 1 atom stereocenters. The van der Waals surface area contributed by atoms with Crippen molar-refractivity contribution in [1.29, 1.82) is 0 Å². The molecule has 1 aliphatic rings. The molecule has 1 unspecified atom stereocenters. The number of benzene rings is 1. The SMILES string of the molecule is CC1(C)CC(NC(=O)NCCc2ccc(CO)cc2)C(C)(C)O1. The van der Waals surface area contributed by atoms with Gasteiger partial charge in [0, 0.05) is 6.54 Å². The van der Waals surface area contributed by atoms with Gasteiger partial charge in [-0.2, -0.15) is 0 Å². The number of hydrogen-bond donors (Lipinski definition) is 3. The summed E-state index contributed by atoms with van der Waals surface area (Å²) in [7, 11) is 0. The van der Waals surface area contributed by atoms with Gasteiger partial charge in [-0.3, -0.25) is 0 Å². The molecule has 128 valence electrons. The first kappa shape index (κ1) is 17.8. The summed E-state index contributed by atoms with van der Waals surface area (Å²) in [5, 5.41) is 14.9. The highest BCUT2D eigenvalue weighted by Crippen LogP contribution is 2.37. The topological polar surface area (TPSA) is 70.6 Å². The highest BCUT2D eigenvalue weighted by Gasteiger charge is 2.46. The molecular weight excluding hydrogens is 292 g/mol. The van der Waals surface area contributed by atoms with Crippen LogP contribution in [0.15, 0.2) is 24.3 Å². The molecule has 0 radical (unpaired) electrons. The molecule has 2 rings (SSSR count). The highest BCUT2D eigenvalue weighted by molar-refractivity contribution is 5.74. The van der Waals surface area contributed by atoms with Crippen LogP contribution in [-0.2, 0) is 17.8 Å². The Kier molecular flexibility index (Phi) is 5.32. The largest absolute Gasteiger partial charge is 0.392 e. The third-order valence-electron chi connectivity index (χ3n) is 4.28. The van der Waals surface area contributed by atoms with Crippen molar-refractivity contribution in [3.63, 3.8) is 0 Å². The number of carbonyl (C=O) groups excluding carboxylic acids is 1. The Labute approximate surface area is 138 Å². The number of urea groups is 1. The van der Waals surface area contributed by atoms with Gasteiger partial charge in [0.15, 0.2) is 0 Å². The zero-order chi connectivity index (χ0) is 17.1. The molecular formula is C18H28N2O3. The van der Waals surface area contributed by atoms with Crippen molar-refractivity contribution >= 4 is 6.03 Å². The number of ether oxygens (including phenoxy) is 1. The van der Waals surface area contributed by atoms with Crippen LogP contribution in [0.25, 0.3) is 0 Å². The molecule has 1 aromatic carbocycles. The van der Waals surface area contributed by atoms with Gasteiger partial charge >= 0.3 is 6.03 Å². The Balaban J connectivity index is 1.77. The van der Waals surface area contributed by atoms with Crippen LogP contribution >= 0.6 is 0 Å². The molecule has 1 aliphatic heterocycles. The third-order valence-corrected chi connectivity index (χ3v) is 4.28. The van der Waals surface area contributed by atoms with Crippen LogP contribution in [0.3, 0.4) is 0 Å². The molecule has 2 amide bonds. The zero-order valence-electron chi connectivity index (χ0n) is 14.5. The van der Waals surface area contributed by atoms with Gasteiger partial charge in [0.05, 0.1) is 23.9 Å². The Morgan fingerprint density at radius 2 is 1.83 bits per heavy atom. The predicted octanol–water partition coefficient (Wildman–Crippen LogP) is 2.37. The van der Waals surface area contributed by atoms with E-state index in [1.165, 1.54) is 0 Å². The summed E-state index contributed by atoms with van der Waals surface area (Å²) in [6.07, 6.45) is 1.56. The van der Waals surface area contributed by atoms with E-state index < -0.39 is 0 Å². The maximum absolute atomic E-state index is 12.1. The van der Waals surface area contributed by atoms with Gasteiger partial charge in [0.2, 0.25) is 0 Å². The molecule has 1 heterocycles. The van der Waals surface area contributed by atoms with Crippen molar-refractivity contribution in [3.8, 4) is 0 Å². The van der Waals surface area contributed by atoms with Crippen molar-refractivity contribution in [2.75, 3.05) is 6.54 Å². The van der Waals surface area contributed by atoms with Gasteiger partial charge in [0.25, 0.3) is 0 Å². The van der Waals surface area contributed by atoms with Gasteiger partial charge < -0.3 is 20.5 Å². The summed E-state index contributed by atoms with van der Waals surface area (Å²) in [5.41, 5.74) is 1.45. The molecule has 5 heteroatoms. The first-order valence-electron chi connectivity index (χ1n) is 8.15. The van der Waals surface area contributed by atoms with Gasteiger partial charge in [-0.05, 0) is 51.7 Å². The van der Waals surface area contributed by atoms with E-state index >= 15 is 0 Å².